The van der Waals surface area contributed by atoms with Crippen molar-refractivity contribution in [2.75, 3.05) is 13.2 Å². The standard InChI is InChI=1S/C29H26F8O2/c1-2-38-10-9-16-3-5-17(6-4-16)18-7-8-21(22(30)11-18)19-12-23(31)27(24(32)13-19)29(36,37)39-20-14-25(33)28(35)26(34)15-20/h7-8,11-17H,2-6,9-10H2,1H3. The van der Waals surface area contributed by atoms with Crippen molar-refractivity contribution in [3.63, 3.8) is 0 Å². The summed E-state index contributed by atoms with van der Waals surface area (Å²) in [6.45, 7) is 3.33. The quantitative estimate of drug-likeness (QED) is 0.148. The lowest BCUT2D eigenvalue weighted by molar-refractivity contribution is -0.189. The molecule has 39 heavy (non-hydrogen) atoms. The summed E-state index contributed by atoms with van der Waals surface area (Å²) in [5.74, 6) is -10.4. The molecule has 1 saturated carbocycles. The highest BCUT2D eigenvalue weighted by atomic mass is 19.3. The average Bonchev–Trinajstić information content (AvgIpc) is 2.87. The van der Waals surface area contributed by atoms with Crippen molar-refractivity contribution < 1.29 is 44.6 Å². The number of alkyl halides is 2. The van der Waals surface area contributed by atoms with Crippen LogP contribution in [-0.2, 0) is 10.8 Å². The van der Waals surface area contributed by atoms with E-state index in [9.17, 15) is 30.7 Å². The number of hydrogen-bond donors (Lipinski definition) is 0. The molecule has 0 aromatic heterocycles. The SMILES string of the molecule is CCOCCC1CCC(c2ccc(-c3cc(F)c(C(F)(F)Oc4cc(F)c(F)c(F)c4)c(F)c3)c(F)c2)CC1. The lowest BCUT2D eigenvalue weighted by Gasteiger charge is -2.29. The molecule has 0 N–H and O–H groups in total. The first-order chi connectivity index (χ1) is 18.5. The van der Waals surface area contributed by atoms with Crippen molar-refractivity contribution in [2.24, 2.45) is 5.92 Å². The van der Waals surface area contributed by atoms with Crippen LogP contribution in [0, 0.1) is 40.8 Å². The van der Waals surface area contributed by atoms with Crippen molar-refractivity contribution in [3.05, 3.63) is 88.5 Å². The van der Waals surface area contributed by atoms with Gasteiger partial charge >= 0.3 is 6.11 Å². The second-order valence-electron chi connectivity index (χ2n) is 9.58. The van der Waals surface area contributed by atoms with Gasteiger partial charge in [-0.1, -0.05) is 12.1 Å². The molecule has 210 valence electrons. The van der Waals surface area contributed by atoms with E-state index in [1.807, 2.05) is 6.92 Å². The van der Waals surface area contributed by atoms with Crippen LogP contribution in [0.2, 0.25) is 0 Å². The molecular formula is C29H26F8O2. The van der Waals surface area contributed by atoms with Crippen LogP contribution in [0.25, 0.3) is 11.1 Å². The number of benzene rings is 3. The summed E-state index contributed by atoms with van der Waals surface area (Å²) in [5, 5.41) is 0. The van der Waals surface area contributed by atoms with Crippen molar-refractivity contribution in [2.45, 2.75) is 51.1 Å². The third-order valence-electron chi connectivity index (χ3n) is 7.03. The van der Waals surface area contributed by atoms with Crippen molar-refractivity contribution in [1.29, 1.82) is 0 Å². The Morgan fingerprint density at radius 1 is 0.769 bits per heavy atom. The molecule has 0 bridgehead atoms. The topological polar surface area (TPSA) is 18.5 Å². The number of ether oxygens (including phenoxy) is 2. The molecule has 0 saturated heterocycles. The van der Waals surface area contributed by atoms with Gasteiger partial charge in [-0.2, -0.15) is 8.78 Å². The minimum atomic E-state index is -4.73. The zero-order valence-corrected chi connectivity index (χ0v) is 21.0. The average molecular weight is 559 g/mol. The lowest BCUT2D eigenvalue weighted by atomic mass is 9.77. The van der Waals surface area contributed by atoms with Gasteiger partial charge in [0.15, 0.2) is 17.5 Å². The van der Waals surface area contributed by atoms with Gasteiger partial charge in [0.1, 0.15) is 28.8 Å². The third kappa shape index (κ3) is 6.54. The van der Waals surface area contributed by atoms with Crippen LogP contribution in [0.5, 0.6) is 5.75 Å². The van der Waals surface area contributed by atoms with Crippen LogP contribution in [0.4, 0.5) is 35.1 Å². The fraction of sp³-hybridized carbons (Fsp3) is 0.379. The third-order valence-corrected chi connectivity index (χ3v) is 7.03. The van der Waals surface area contributed by atoms with Crippen molar-refractivity contribution in [1.82, 2.24) is 0 Å². The van der Waals surface area contributed by atoms with Crippen LogP contribution in [0.15, 0.2) is 42.5 Å². The van der Waals surface area contributed by atoms with Gasteiger partial charge in [-0.05, 0) is 80.2 Å². The Balaban J connectivity index is 1.51. The smallest absolute Gasteiger partial charge is 0.429 e. The minimum absolute atomic E-state index is 0.112. The van der Waals surface area contributed by atoms with Crippen LogP contribution < -0.4 is 4.74 Å². The van der Waals surface area contributed by atoms with Crippen molar-refractivity contribution in [3.8, 4) is 16.9 Å². The molecule has 0 amide bonds. The highest BCUT2D eigenvalue weighted by molar-refractivity contribution is 5.65. The Morgan fingerprint density at radius 2 is 1.38 bits per heavy atom. The van der Waals surface area contributed by atoms with E-state index >= 15 is 4.39 Å². The van der Waals surface area contributed by atoms with Gasteiger partial charge in [-0.3, -0.25) is 0 Å². The molecule has 3 aromatic rings. The Bertz CT molecular complexity index is 1270. The predicted molar refractivity (Wildman–Crippen MR) is 128 cm³/mol. The molecule has 0 radical (unpaired) electrons. The van der Waals surface area contributed by atoms with Crippen LogP contribution >= 0.6 is 0 Å². The summed E-state index contributed by atoms with van der Waals surface area (Å²) >= 11 is 0. The summed E-state index contributed by atoms with van der Waals surface area (Å²) in [4.78, 5) is 0. The van der Waals surface area contributed by atoms with E-state index in [-0.39, 0.29) is 29.2 Å². The van der Waals surface area contributed by atoms with Crippen molar-refractivity contribution >= 4 is 0 Å². The monoisotopic (exact) mass is 558 g/mol. The summed E-state index contributed by atoms with van der Waals surface area (Å²) in [7, 11) is 0. The maximum Gasteiger partial charge on any atom is 0.432 e. The molecule has 1 fully saturated rings. The van der Waals surface area contributed by atoms with Gasteiger partial charge in [0.25, 0.3) is 0 Å². The first-order valence-corrected chi connectivity index (χ1v) is 12.6. The first-order valence-electron chi connectivity index (χ1n) is 12.6. The lowest BCUT2D eigenvalue weighted by Crippen LogP contribution is -2.25. The Hall–Kier alpha value is -3.14. The molecule has 1 aliphatic rings. The van der Waals surface area contributed by atoms with Gasteiger partial charge in [0, 0.05) is 30.9 Å². The zero-order chi connectivity index (χ0) is 28.3. The molecule has 0 atom stereocenters. The van der Waals surface area contributed by atoms with E-state index in [0.717, 1.165) is 37.7 Å². The fourth-order valence-corrected chi connectivity index (χ4v) is 5.00. The zero-order valence-electron chi connectivity index (χ0n) is 21.0. The summed E-state index contributed by atoms with van der Waals surface area (Å²) < 4.78 is 123. The summed E-state index contributed by atoms with van der Waals surface area (Å²) in [6.07, 6.45) is -0.0655. The summed E-state index contributed by atoms with van der Waals surface area (Å²) in [5.41, 5.74) is -1.63. The maximum absolute atomic E-state index is 15.0. The van der Waals surface area contributed by atoms with Gasteiger partial charge in [0.05, 0.1) is 0 Å². The van der Waals surface area contributed by atoms with E-state index < -0.39 is 52.3 Å². The molecule has 3 aromatic carbocycles. The Morgan fingerprint density at radius 3 is 1.95 bits per heavy atom. The number of rotatable bonds is 9. The molecule has 0 aliphatic heterocycles. The van der Waals surface area contributed by atoms with Gasteiger partial charge in [-0.25, -0.2) is 26.3 Å². The molecule has 0 heterocycles. The first kappa shape index (κ1) is 28.9. The van der Waals surface area contributed by atoms with E-state index in [1.54, 1.807) is 6.07 Å². The van der Waals surface area contributed by atoms with Crippen LogP contribution in [0.1, 0.15) is 56.1 Å². The van der Waals surface area contributed by atoms with E-state index in [2.05, 4.69) is 4.74 Å². The fourth-order valence-electron chi connectivity index (χ4n) is 5.00. The molecule has 0 spiro atoms. The minimum Gasteiger partial charge on any atom is -0.429 e. The maximum atomic E-state index is 15.0. The van der Waals surface area contributed by atoms with Gasteiger partial charge in [0.2, 0.25) is 0 Å². The van der Waals surface area contributed by atoms with Crippen LogP contribution in [-0.4, -0.2) is 13.2 Å². The normalized spacial score (nSPS) is 17.9. The second-order valence-corrected chi connectivity index (χ2v) is 9.58. The largest absolute Gasteiger partial charge is 0.432 e. The number of halogens is 8. The molecule has 0 unspecified atom stereocenters. The Labute approximate surface area is 220 Å². The highest BCUT2D eigenvalue weighted by Gasteiger charge is 2.41. The van der Waals surface area contributed by atoms with E-state index in [0.29, 0.717) is 31.3 Å². The molecule has 1 aliphatic carbocycles. The van der Waals surface area contributed by atoms with Gasteiger partial charge in [-0.15, -0.1) is 0 Å². The van der Waals surface area contributed by atoms with Gasteiger partial charge < -0.3 is 9.47 Å². The second kappa shape index (κ2) is 11.9. The predicted octanol–water partition coefficient (Wildman–Crippen LogP) is 9.02. The Kier molecular flexibility index (Phi) is 8.83. The highest BCUT2D eigenvalue weighted by Crippen LogP contribution is 2.40. The number of hydrogen-bond acceptors (Lipinski definition) is 2. The molecular weight excluding hydrogens is 532 g/mol. The van der Waals surface area contributed by atoms with Crippen LogP contribution in [0.3, 0.4) is 0 Å². The van der Waals surface area contributed by atoms with E-state index in [4.69, 9.17) is 4.74 Å². The van der Waals surface area contributed by atoms with E-state index in [1.165, 1.54) is 12.1 Å². The summed E-state index contributed by atoms with van der Waals surface area (Å²) in [6, 6.07) is 5.55. The molecule has 2 nitrogen and oxygen atoms in total. The molecule has 10 heteroatoms. The molecule has 4 rings (SSSR count).